The Labute approximate surface area is 127 Å². The minimum Gasteiger partial charge on any atom is -0.319 e. The van der Waals surface area contributed by atoms with E-state index in [4.69, 9.17) is 40.5 Å². The molecule has 0 saturated heterocycles. The third-order valence-corrected chi connectivity index (χ3v) is 3.54. The van der Waals surface area contributed by atoms with E-state index in [1.807, 2.05) is 18.5 Å². The number of nitrogens with two attached hydrogens (primary N) is 1. The average molecular weight is 319 g/mol. The smallest absolute Gasteiger partial charge is 0.0837 e. The maximum Gasteiger partial charge on any atom is 0.0837 e. The van der Waals surface area contributed by atoms with E-state index in [0.717, 1.165) is 11.3 Å². The molecule has 2 aromatic rings. The summed E-state index contributed by atoms with van der Waals surface area (Å²) in [5.41, 5.74) is 7.84. The predicted molar refractivity (Wildman–Crippen MR) is 80.1 cm³/mol. The first-order chi connectivity index (χ1) is 8.90. The van der Waals surface area contributed by atoms with Crippen LogP contribution in [-0.2, 0) is 0 Å². The fourth-order valence-electron chi connectivity index (χ4n) is 1.97. The summed E-state index contributed by atoms with van der Waals surface area (Å²) in [6, 6.07) is 4.98. The van der Waals surface area contributed by atoms with Crippen molar-refractivity contribution in [2.24, 2.45) is 5.73 Å². The summed E-state index contributed by atoms with van der Waals surface area (Å²) >= 11 is 18.2. The first kappa shape index (κ1) is 14.7. The van der Waals surface area contributed by atoms with Crippen LogP contribution in [0.3, 0.4) is 0 Å². The molecule has 0 saturated carbocycles. The molecule has 0 radical (unpaired) electrons. The number of aromatic nitrogens is 2. The van der Waals surface area contributed by atoms with Crippen molar-refractivity contribution in [3.63, 3.8) is 0 Å². The van der Waals surface area contributed by atoms with Gasteiger partial charge in [0.25, 0.3) is 0 Å². The van der Waals surface area contributed by atoms with Gasteiger partial charge in [-0.2, -0.15) is 5.10 Å². The zero-order valence-corrected chi connectivity index (χ0v) is 12.8. The molecule has 2 rings (SSSR count). The number of halogens is 3. The lowest BCUT2D eigenvalue weighted by atomic mass is 10.0. The number of hydrogen-bond acceptors (Lipinski definition) is 2. The monoisotopic (exact) mass is 317 g/mol. The highest BCUT2D eigenvalue weighted by Crippen LogP contribution is 2.31. The molecule has 2 N–H and O–H groups in total. The van der Waals surface area contributed by atoms with Crippen LogP contribution in [-0.4, -0.2) is 9.78 Å². The van der Waals surface area contributed by atoms with Crippen molar-refractivity contribution < 1.29 is 0 Å². The molecule has 1 heterocycles. The molecular weight excluding hydrogens is 305 g/mol. The summed E-state index contributed by atoms with van der Waals surface area (Å²) in [7, 11) is 0. The topological polar surface area (TPSA) is 43.8 Å². The molecule has 0 spiro atoms. The van der Waals surface area contributed by atoms with Gasteiger partial charge in [-0.15, -0.1) is 0 Å². The van der Waals surface area contributed by atoms with Gasteiger partial charge in [0.15, 0.2) is 0 Å². The lowest BCUT2D eigenvalue weighted by molar-refractivity contribution is 0.499. The SMILES string of the molecule is CC(C)n1ncc(Cl)c1C(N)c1cc(Cl)cc(Cl)c1. The van der Waals surface area contributed by atoms with Crippen LogP contribution < -0.4 is 5.73 Å². The van der Waals surface area contributed by atoms with Crippen molar-refractivity contribution >= 4 is 34.8 Å². The largest absolute Gasteiger partial charge is 0.319 e. The minimum absolute atomic E-state index is 0.170. The highest BCUT2D eigenvalue weighted by Gasteiger charge is 2.20. The minimum atomic E-state index is -0.423. The molecule has 0 aliphatic heterocycles. The van der Waals surface area contributed by atoms with Gasteiger partial charge in [-0.05, 0) is 37.6 Å². The maximum atomic E-state index is 6.28. The lowest BCUT2D eigenvalue weighted by Crippen LogP contribution is -2.19. The molecule has 19 heavy (non-hydrogen) atoms. The fourth-order valence-corrected chi connectivity index (χ4v) is 2.76. The second kappa shape index (κ2) is 5.71. The second-order valence-electron chi connectivity index (χ2n) is 4.60. The van der Waals surface area contributed by atoms with Gasteiger partial charge in [-0.3, -0.25) is 4.68 Å². The molecule has 0 amide bonds. The summed E-state index contributed by atoms with van der Waals surface area (Å²) in [6.07, 6.45) is 1.60. The molecular formula is C13H14Cl3N3. The Kier molecular flexibility index (Phi) is 4.41. The molecule has 0 fully saturated rings. The van der Waals surface area contributed by atoms with Crippen molar-refractivity contribution in [2.45, 2.75) is 25.9 Å². The molecule has 0 aliphatic carbocycles. The van der Waals surface area contributed by atoms with Crippen LogP contribution >= 0.6 is 34.8 Å². The Bertz CT molecular complexity index is 573. The highest BCUT2D eigenvalue weighted by atomic mass is 35.5. The van der Waals surface area contributed by atoms with Crippen LogP contribution in [0.2, 0.25) is 15.1 Å². The Morgan fingerprint density at radius 2 is 1.68 bits per heavy atom. The molecule has 1 aromatic carbocycles. The molecule has 1 atom stereocenters. The Balaban J connectivity index is 2.49. The normalized spacial score (nSPS) is 13.0. The summed E-state index contributed by atoms with van der Waals surface area (Å²) in [4.78, 5) is 0. The molecule has 6 heteroatoms. The lowest BCUT2D eigenvalue weighted by Gasteiger charge is -2.18. The summed E-state index contributed by atoms with van der Waals surface area (Å²) in [5, 5.41) is 5.88. The molecule has 1 unspecified atom stereocenters. The van der Waals surface area contributed by atoms with Gasteiger partial charge in [0.1, 0.15) is 0 Å². The highest BCUT2D eigenvalue weighted by molar-refractivity contribution is 6.34. The molecule has 102 valence electrons. The molecule has 1 aromatic heterocycles. The Hall–Kier alpha value is -0.740. The van der Waals surface area contributed by atoms with E-state index in [2.05, 4.69) is 5.10 Å². The van der Waals surface area contributed by atoms with Crippen molar-refractivity contribution in [2.75, 3.05) is 0 Å². The van der Waals surface area contributed by atoms with E-state index in [1.165, 1.54) is 0 Å². The van der Waals surface area contributed by atoms with Gasteiger partial charge < -0.3 is 5.73 Å². The first-order valence-electron chi connectivity index (χ1n) is 5.84. The van der Waals surface area contributed by atoms with Crippen LogP contribution in [0.4, 0.5) is 0 Å². The zero-order chi connectivity index (χ0) is 14.2. The number of benzene rings is 1. The van der Waals surface area contributed by atoms with Gasteiger partial charge >= 0.3 is 0 Å². The third-order valence-electron chi connectivity index (χ3n) is 2.81. The van der Waals surface area contributed by atoms with E-state index in [9.17, 15) is 0 Å². The van der Waals surface area contributed by atoms with Crippen molar-refractivity contribution in [3.05, 3.63) is 50.7 Å². The number of nitrogens with zero attached hydrogens (tertiary/aromatic N) is 2. The second-order valence-corrected chi connectivity index (χ2v) is 5.88. The van der Waals surface area contributed by atoms with Crippen LogP contribution in [0.15, 0.2) is 24.4 Å². The zero-order valence-electron chi connectivity index (χ0n) is 10.6. The van der Waals surface area contributed by atoms with Gasteiger partial charge in [-0.1, -0.05) is 34.8 Å². The first-order valence-corrected chi connectivity index (χ1v) is 6.98. The van der Waals surface area contributed by atoms with Crippen molar-refractivity contribution in [1.82, 2.24) is 9.78 Å². The quantitative estimate of drug-likeness (QED) is 0.907. The Morgan fingerprint density at radius 3 is 2.21 bits per heavy atom. The van der Waals surface area contributed by atoms with E-state index in [-0.39, 0.29) is 6.04 Å². The van der Waals surface area contributed by atoms with Crippen molar-refractivity contribution in [1.29, 1.82) is 0 Å². The van der Waals surface area contributed by atoms with Crippen molar-refractivity contribution in [3.8, 4) is 0 Å². The number of hydrogen-bond donors (Lipinski definition) is 1. The number of rotatable bonds is 3. The third kappa shape index (κ3) is 3.06. The van der Waals surface area contributed by atoms with Crippen LogP contribution in [0.5, 0.6) is 0 Å². The van der Waals surface area contributed by atoms with Crippen LogP contribution in [0.1, 0.15) is 37.2 Å². The van der Waals surface area contributed by atoms with E-state index >= 15 is 0 Å². The van der Waals surface area contributed by atoms with Gasteiger partial charge in [-0.25, -0.2) is 0 Å². The average Bonchev–Trinajstić information content (AvgIpc) is 2.69. The van der Waals surface area contributed by atoms with Gasteiger partial charge in [0.05, 0.1) is 23.0 Å². The summed E-state index contributed by atoms with van der Waals surface area (Å²) in [5.74, 6) is 0. The predicted octanol–water partition coefficient (Wildman–Crippen LogP) is 4.47. The molecule has 0 aliphatic rings. The molecule has 0 bridgehead atoms. The van der Waals surface area contributed by atoms with Gasteiger partial charge in [0.2, 0.25) is 0 Å². The fraction of sp³-hybridized carbons (Fsp3) is 0.308. The van der Waals surface area contributed by atoms with E-state index in [0.29, 0.717) is 15.1 Å². The van der Waals surface area contributed by atoms with Gasteiger partial charge in [0, 0.05) is 16.1 Å². The molecule has 3 nitrogen and oxygen atoms in total. The summed E-state index contributed by atoms with van der Waals surface area (Å²) in [6.45, 7) is 4.04. The van der Waals surface area contributed by atoms with E-state index in [1.54, 1.807) is 24.4 Å². The van der Waals surface area contributed by atoms with Crippen LogP contribution in [0, 0.1) is 0 Å². The maximum absolute atomic E-state index is 6.28. The Morgan fingerprint density at radius 1 is 1.11 bits per heavy atom. The standard InChI is InChI=1S/C13H14Cl3N3/c1-7(2)19-13(11(16)6-18-19)12(17)8-3-9(14)5-10(15)4-8/h3-7,12H,17H2,1-2H3. The van der Waals surface area contributed by atoms with Crippen LogP contribution in [0.25, 0.3) is 0 Å². The van der Waals surface area contributed by atoms with E-state index < -0.39 is 6.04 Å². The summed E-state index contributed by atoms with van der Waals surface area (Å²) < 4.78 is 1.81.